The molecule has 5 heteroatoms. The largest absolute Gasteiger partial charge is 0.366 e. The fraction of sp³-hybridized carbons (Fsp3) is 0.333. The SMILES string of the molecule is CC(C)CNc1nccc(NCc2ccccc2Cl)n1. The number of halogens is 1. The minimum Gasteiger partial charge on any atom is -0.366 e. The van der Waals surface area contributed by atoms with Crippen LogP contribution in [0.4, 0.5) is 11.8 Å². The maximum atomic E-state index is 6.12. The van der Waals surface area contributed by atoms with Crippen LogP contribution in [-0.2, 0) is 6.54 Å². The lowest BCUT2D eigenvalue weighted by atomic mass is 10.2. The lowest BCUT2D eigenvalue weighted by Crippen LogP contribution is -2.11. The molecule has 2 N–H and O–H groups in total. The van der Waals surface area contributed by atoms with Crippen LogP contribution >= 0.6 is 11.6 Å². The van der Waals surface area contributed by atoms with E-state index in [2.05, 4.69) is 34.4 Å². The van der Waals surface area contributed by atoms with Gasteiger partial charge in [0.2, 0.25) is 5.95 Å². The number of rotatable bonds is 6. The molecule has 0 aliphatic rings. The summed E-state index contributed by atoms with van der Waals surface area (Å²) in [6, 6.07) is 9.61. The zero-order valence-electron chi connectivity index (χ0n) is 11.7. The van der Waals surface area contributed by atoms with Crippen molar-refractivity contribution in [2.75, 3.05) is 17.2 Å². The summed E-state index contributed by atoms with van der Waals surface area (Å²) in [7, 11) is 0. The van der Waals surface area contributed by atoms with E-state index < -0.39 is 0 Å². The van der Waals surface area contributed by atoms with E-state index in [-0.39, 0.29) is 0 Å². The monoisotopic (exact) mass is 290 g/mol. The van der Waals surface area contributed by atoms with Crippen molar-refractivity contribution in [3.8, 4) is 0 Å². The second-order valence-corrected chi connectivity index (χ2v) is 5.39. The topological polar surface area (TPSA) is 49.8 Å². The zero-order valence-corrected chi connectivity index (χ0v) is 12.5. The molecule has 106 valence electrons. The predicted molar refractivity (Wildman–Crippen MR) is 84.1 cm³/mol. The summed E-state index contributed by atoms with van der Waals surface area (Å²) >= 11 is 6.12. The van der Waals surface area contributed by atoms with Crippen LogP contribution in [0.15, 0.2) is 36.5 Å². The highest BCUT2D eigenvalue weighted by Gasteiger charge is 2.02. The Morgan fingerprint density at radius 1 is 1.15 bits per heavy atom. The molecule has 0 saturated carbocycles. The van der Waals surface area contributed by atoms with E-state index >= 15 is 0 Å². The van der Waals surface area contributed by atoms with E-state index in [1.807, 2.05) is 30.3 Å². The first-order valence-electron chi connectivity index (χ1n) is 6.69. The summed E-state index contributed by atoms with van der Waals surface area (Å²) in [6.07, 6.45) is 1.74. The molecule has 4 nitrogen and oxygen atoms in total. The summed E-state index contributed by atoms with van der Waals surface area (Å²) in [6.45, 7) is 5.79. The molecule has 0 atom stereocenters. The zero-order chi connectivity index (χ0) is 14.4. The van der Waals surface area contributed by atoms with Crippen molar-refractivity contribution >= 4 is 23.4 Å². The van der Waals surface area contributed by atoms with E-state index in [0.717, 1.165) is 22.9 Å². The third-order valence-electron chi connectivity index (χ3n) is 2.74. The minimum absolute atomic E-state index is 0.554. The lowest BCUT2D eigenvalue weighted by molar-refractivity contribution is 0.684. The van der Waals surface area contributed by atoms with Crippen molar-refractivity contribution < 1.29 is 0 Å². The molecule has 0 aliphatic heterocycles. The summed E-state index contributed by atoms with van der Waals surface area (Å²) in [4.78, 5) is 8.61. The summed E-state index contributed by atoms with van der Waals surface area (Å²) in [5.41, 5.74) is 1.05. The molecule has 20 heavy (non-hydrogen) atoms. The maximum absolute atomic E-state index is 6.12. The predicted octanol–water partition coefficient (Wildman–Crippen LogP) is 3.81. The van der Waals surface area contributed by atoms with Gasteiger partial charge in [0.1, 0.15) is 5.82 Å². The highest BCUT2D eigenvalue weighted by Crippen LogP contribution is 2.16. The number of hydrogen-bond acceptors (Lipinski definition) is 4. The Morgan fingerprint density at radius 3 is 2.70 bits per heavy atom. The van der Waals surface area contributed by atoms with Gasteiger partial charge in [-0.3, -0.25) is 0 Å². The lowest BCUT2D eigenvalue weighted by Gasteiger charge is -2.10. The van der Waals surface area contributed by atoms with Crippen molar-refractivity contribution in [3.05, 3.63) is 47.1 Å². The Labute approximate surface area is 124 Å². The third kappa shape index (κ3) is 4.38. The van der Waals surface area contributed by atoms with E-state index in [1.54, 1.807) is 6.20 Å². The van der Waals surface area contributed by atoms with Crippen LogP contribution in [0.3, 0.4) is 0 Å². The van der Waals surface area contributed by atoms with Gasteiger partial charge in [-0.05, 0) is 23.6 Å². The van der Waals surface area contributed by atoms with Gasteiger partial charge in [-0.1, -0.05) is 43.6 Å². The van der Waals surface area contributed by atoms with Crippen molar-refractivity contribution in [2.24, 2.45) is 5.92 Å². The van der Waals surface area contributed by atoms with E-state index in [1.165, 1.54) is 0 Å². The Balaban J connectivity index is 1.96. The van der Waals surface area contributed by atoms with Crippen molar-refractivity contribution in [2.45, 2.75) is 20.4 Å². The number of hydrogen-bond donors (Lipinski definition) is 2. The van der Waals surface area contributed by atoms with Gasteiger partial charge in [0.05, 0.1) is 0 Å². The van der Waals surface area contributed by atoms with Gasteiger partial charge in [-0.15, -0.1) is 0 Å². The molecule has 2 rings (SSSR count). The van der Waals surface area contributed by atoms with Crippen LogP contribution in [0.5, 0.6) is 0 Å². The smallest absolute Gasteiger partial charge is 0.224 e. The second kappa shape index (κ2) is 7.10. The molecule has 0 unspecified atom stereocenters. The van der Waals surface area contributed by atoms with E-state index in [9.17, 15) is 0 Å². The van der Waals surface area contributed by atoms with Gasteiger partial charge in [0.25, 0.3) is 0 Å². The number of nitrogens with zero attached hydrogens (tertiary/aromatic N) is 2. The standard InChI is InChI=1S/C15H19ClN4/c1-11(2)9-19-15-17-8-7-14(20-15)18-10-12-5-3-4-6-13(12)16/h3-8,11H,9-10H2,1-2H3,(H2,17,18,19,20). The molecule has 0 fully saturated rings. The van der Waals surface area contributed by atoms with Gasteiger partial charge in [-0.2, -0.15) is 4.98 Å². The molecule has 0 radical (unpaired) electrons. The van der Waals surface area contributed by atoms with Crippen molar-refractivity contribution in [1.29, 1.82) is 0 Å². The van der Waals surface area contributed by atoms with Crippen molar-refractivity contribution in [1.82, 2.24) is 9.97 Å². The Morgan fingerprint density at radius 2 is 1.95 bits per heavy atom. The van der Waals surface area contributed by atoms with Gasteiger partial charge in [0.15, 0.2) is 0 Å². The molecule has 0 bridgehead atoms. The average Bonchev–Trinajstić information content (AvgIpc) is 2.45. The molecule has 0 aliphatic carbocycles. The van der Waals surface area contributed by atoms with E-state index in [0.29, 0.717) is 18.4 Å². The number of nitrogens with one attached hydrogen (secondary N) is 2. The van der Waals surface area contributed by atoms with Crippen LogP contribution in [0.1, 0.15) is 19.4 Å². The quantitative estimate of drug-likeness (QED) is 0.849. The normalized spacial score (nSPS) is 10.6. The molecule has 1 aromatic heterocycles. The van der Waals surface area contributed by atoms with Crippen LogP contribution in [0, 0.1) is 5.92 Å². The fourth-order valence-electron chi connectivity index (χ4n) is 1.67. The molecule has 1 heterocycles. The van der Waals surface area contributed by atoms with Crippen LogP contribution in [0.2, 0.25) is 5.02 Å². The van der Waals surface area contributed by atoms with Gasteiger partial charge >= 0.3 is 0 Å². The first kappa shape index (κ1) is 14.6. The Kier molecular flexibility index (Phi) is 5.18. The summed E-state index contributed by atoms with van der Waals surface area (Å²) in [5.74, 6) is 1.98. The van der Waals surface area contributed by atoms with Crippen molar-refractivity contribution in [3.63, 3.8) is 0 Å². The van der Waals surface area contributed by atoms with Crippen LogP contribution in [-0.4, -0.2) is 16.5 Å². The maximum Gasteiger partial charge on any atom is 0.224 e. The molecular formula is C15H19ClN4. The third-order valence-corrected chi connectivity index (χ3v) is 3.11. The number of benzene rings is 1. The van der Waals surface area contributed by atoms with E-state index in [4.69, 9.17) is 11.6 Å². The highest BCUT2D eigenvalue weighted by molar-refractivity contribution is 6.31. The molecular weight excluding hydrogens is 272 g/mol. The molecule has 0 amide bonds. The van der Waals surface area contributed by atoms with Gasteiger partial charge < -0.3 is 10.6 Å². The Bertz CT molecular complexity index is 557. The molecule has 0 spiro atoms. The fourth-order valence-corrected chi connectivity index (χ4v) is 1.87. The summed E-state index contributed by atoms with van der Waals surface area (Å²) in [5, 5.41) is 7.22. The molecule has 1 aromatic carbocycles. The number of aromatic nitrogens is 2. The van der Waals surface area contributed by atoms with Crippen LogP contribution < -0.4 is 10.6 Å². The minimum atomic E-state index is 0.554. The van der Waals surface area contributed by atoms with Gasteiger partial charge in [0, 0.05) is 24.3 Å². The Hall–Kier alpha value is -1.81. The van der Waals surface area contributed by atoms with Crippen LogP contribution in [0.25, 0.3) is 0 Å². The average molecular weight is 291 g/mol. The van der Waals surface area contributed by atoms with Gasteiger partial charge in [-0.25, -0.2) is 4.98 Å². The molecule has 0 saturated heterocycles. The summed E-state index contributed by atoms with van der Waals surface area (Å²) < 4.78 is 0. The molecule has 2 aromatic rings. The highest BCUT2D eigenvalue weighted by atomic mass is 35.5. The first-order valence-corrected chi connectivity index (χ1v) is 7.07. The first-order chi connectivity index (χ1) is 9.65. The number of anilines is 2. The second-order valence-electron chi connectivity index (χ2n) is 4.99.